The minimum Gasteiger partial charge on any atom is -0.378 e. The van der Waals surface area contributed by atoms with Crippen molar-refractivity contribution in [2.75, 3.05) is 19.0 Å². The van der Waals surface area contributed by atoms with E-state index in [0.29, 0.717) is 11.7 Å². The average molecular weight is 367 g/mol. The normalized spacial score (nSPS) is 11.6. The molecule has 7 nitrogen and oxygen atoms in total. The molecule has 0 saturated carbocycles. The predicted octanol–water partition coefficient (Wildman–Crippen LogP) is 3.51. The highest BCUT2D eigenvalue weighted by Crippen LogP contribution is 2.29. The zero-order valence-electron chi connectivity index (χ0n) is 15.3. The minimum atomic E-state index is 0.567. The third-order valence-electron chi connectivity index (χ3n) is 4.11. The highest BCUT2D eigenvalue weighted by atomic mass is 32.1. The summed E-state index contributed by atoms with van der Waals surface area (Å²) in [4.78, 5) is 2.84. The lowest BCUT2D eigenvalue weighted by Gasteiger charge is -2.11. The van der Waals surface area contributed by atoms with E-state index in [1.165, 1.54) is 11.3 Å². The first kappa shape index (κ1) is 16.7. The summed E-state index contributed by atoms with van der Waals surface area (Å²) >= 11 is 1.52. The third-order valence-corrected chi connectivity index (χ3v) is 5.06. The number of H-pyrrole nitrogens is 1. The molecular weight excluding hydrogens is 346 g/mol. The van der Waals surface area contributed by atoms with Crippen LogP contribution >= 0.6 is 11.3 Å². The molecule has 0 fully saturated rings. The topological polar surface area (TPSA) is 75.0 Å². The van der Waals surface area contributed by atoms with Crippen molar-refractivity contribution in [1.29, 1.82) is 0 Å². The fourth-order valence-corrected chi connectivity index (χ4v) is 3.66. The van der Waals surface area contributed by atoms with Crippen molar-refractivity contribution in [3.8, 4) is 22.1 Å². The van der Waals surface area contributed by atoms with Crippen molar-refractivity contribution in [2.24, 2.45) is 5.92 Å². The van der Waals surface area contributed by atoms with Crippen LogP contribution in [0.4, 0.5) is 5.69 Å². The molecule has 4 aromatic rings. The summed E-state index contributed by atoms with van der Waals surface area (Å²) in [6, 6.07) is 10.4. The Labute approximate surface area is 155 Å². The number of aromatic amines is 1. The molecule has 3 heterocycles. The molecule has 3 aromatic heterocycles. The molecule has 1 N–H and O–H groups in total. The van der Waals surface area contributed by atoms with Crippen LogP contribution in [0.25, 0.3) is 27.1 Å². The number of aromatic nitrogens is 6. The van der Waals surface area contributed by atoms with Crippen molar-refractivity contribution < 1.29 is 0 Å². The Kier molecular flexibility index (Phi) is 4.20. The summed E-state index contributed by atoms with van der Waals surface area (Å²) in [5.41, 5.74) is 4.10. The van der Waals surface area contributed by atoms with Gasteiger partial charge in [-0.2, -0.15) is 14.7 Å². The first-order valence-corrected chi connectivity index (χ1v) is 9.37. The van der Waals surface area contributed by atoms with Gasteiger partial charge in [-0.25, -0.2) is 0 Å². The standard InChI is InChI=1S/C18H21N7S/c1-11(2)9-13-10-15(20-19-13)16-21-22-18-25(16)23-17(26-18)12-5-7-14(8-6-12)24(3)4/h5-8,10-11H,9H2,1-4H3,(H,19,20). The molecule has 0 aliphatic rings. The van der Waals surface area contributed by atoms with Crippen LogP contribution in [0.3, 0.4) is 0 Å². The van der Waals surface area contributed by atoms with E-state index >= 15 is 0 Å². The van der Waals surface area contributed by atoms with E-state index in [1.807, 2.05) is 20.2 Å². The number of rotatable bonds is 5. The molecule has 8 heteroatoms. The lowest BCUT2D eigenvalue weighted by molar-refractivity contribution is 0.633. The highest BCUT2D eigenvalue weighted by Gasteiger charge is 2.17. The van der Waals surface area contributed by atoms with Crippen molar-refractivity contribution in [1.82, 2.24) is 30.0 Å². The van der Waals surface area contributed by atoms with Gasteiger partial charge in [0.15, 0.2) is 0 Å². The second-order valence-corrected chi connectivity index (χ2v) is 7.90. The number of hydrogen-bond acceptors (Lipinski definition) is 6. The van der Waals surface area contributed by atoms with Gasteiger partial charge < -0.3 is 4.90 Å². The van der Waals surface area contributed by atoms with E-state index in [9.17, 15) is 0 Å². The van der Waals surface area contributed by atoms with Gasteiger partial charge in [0.2, 0.25) is 10.8 Å². The first-order chi connectivity index (χ1) is 12.5. The Morgan fingerprint density at radius 2 is 1.92 bits per heavy atom. The van der Waals surface area contributed by atoms with Crippen molar-refractivity contribution in [3.63, 3.8) is 0 Å². The Balaban J connectivity index is 1.67. The number of nitrogens with zero attached hydrogens (tertiary/aromatic N) is 6. The van der Waals surface area contributed by atoms with E-state index < -0.39 is 0 Å². The Morgan fingerprint density at radius 3 is 2.62 bits per heavy atom. The molecule has 0 amide bonds. The Hall–Kier alpha value is -2.74. The molecule has 0 unspecified atom stereocenters. The maximum atomic E-state index is 4.71. The molecule has 0 aliphatic heterocycles. The summed E-state index contributed by atoms with van der Waals surface area (Å²) in [5, 5.41) is 21.6. The number of anilines is 1. The predicted molar refractivity (Wildman–Crippen MR) is 105 cm³/mol. The average Bonchev–Trinajstić information content (AvgIpc) is 3.29. The van der Waals surface area contributed by atoms with Gasteiger partial charge in [-0.1, -0.05) is 25.2 Å². The van der Waals surface area contributed by atoms with Gasteiger partial charge in [-0.05, 0) is 42.7 Å². The second kappa shape index (κ2) is 6.53. The fourth-order valence-electron chi connectivity index (χ4n) is 2.82. The molecule has 0 spiro atoms. The third kappa shape index (κ3) is 3.08. The van der Waals surface area contributed by atoms with Crippen LogP contribution in [0.5, 0.6) is 0 Å². The van der Waals surface area contributed by atoms with Gasteiger partial charge in [-0.3, -0.25) is 5.10 Å². The molecule has 4 rings (SSSR count). The molecule has 134 valence electrons. The number of benzene rings is 1. The lowest BCUT2D eigenvalue weighted by atomic mass is 10.1. The molecule has 26 heavy (non-hydrogen) atoms. The van der Waals surface area contributed by atoms with Crippen LogP contribution in [-0.2, 0) is 6.42 Å². The van der Waals surface area contributed by atoms with Gasteiger partial charge in [0, 0.05) is 31.0 Å². The summed E-state index contributed by atoms with van der Waals surface area (Å²) in [5.74, 6) is 1.23. The summed E-state index contributed by atoms with van der Waals surface area (Å²) in [7, 11) is 4.06. The molecule has 1 aromatic carbocycles. The maximum Gasteiger partial charge on any atom is 0.235 e. The minimum absolute atomic E-state index is 0.567. The highest BCUT2D eigenvalue weighted by molar-refractivity contribution is 7.19. The summed E-state index contributed by atoms with van der Waals surface area (Å²) < 4.78 is 1.77. The zero-order valence-corrected chi connectivity index (χ0v) is 16.1. The largest absolute Gasteiger partial charge is 0.378 e. The zero-order chi connectivity index (χ0) is 18.3. The van der Waals surface area contributed by atoms with E-state index in [4.69, 9.17) is 5.10 Å². The lowest BCUT2D eigenvalue weighted by Crippen LogP contribution is -2.07. The number of hydrogen-bond donors (Lipinski definition) is 1. The second-order valence-electron chi connectivity index (χ2n) is 6.94. The Morgan fingerprint density at radius 1 is 1.15 bits per heavy atom. The Bertz CT molecular complexity index is 1020. The molecule has 0 aliphatic carbocycles. The van der Waals surface area contributed by atoms with E-state index in [1.54, 1.807) is 4.52 Å². The van der Waals surface area contributed by atoms with Crippen LogP contribution in [0.2, 0.25) is 0 Å². The van der Waals surface area contributed by atoms with Gasteiger partial charge in [0.05, 0.1) is 0 Å². The van der Waals surface area contributed by atoms with Crippen LogP contribution in [-0.4, -0.2) is 44.1 Å². The van der Waals surface area contributed by atoms with Gasteiger partial charge >= 0.3 is 0 Å². The van der Waals surface area contributed by atoms with Crippen molar-refractivity contribution in [3.05, 3.63) is 36.0 Å². The monoisotopic (exact) mass is 367 g/mol. The van der Waals surface area contributed by atoms with Crippen LogP contribution in [0.15, 0.2) is 30.3 Å². The quantitative estimate of drug-likeness (QED) is 0.584. The SMILES string of the molecule is CC(C)Cc1cc(-c2nnc3sc(-c4ccc(N(C)C)cc4)nn23)n[nH]1. The van der Waals surface area contributed by atoms with E-state index in [2.05, 4.69) is 63.4 Å². The smallest absolute Gasteiger partial charge is 0.235 e. The van der Waals surface area contributed by atoms with E-state index in [0.717, 1.165) is 39.0 Å². The van der Waals surface area contributed by atoms with Crippen molar-refractivity contribution >= 4 is 22.0 Å². The van der Waals surface area contributed by atoms with Gasteiger partial charge in [-0.15, -0.1) is 10.2 Å². The van der Waals surface area contributed by atoms with Gasteiger partial charge in [0.25, 0.3) is 0 Å². The van der Waals surface area contributed by atoms with Crippen LogP contribution in [0.1, 0.15) is 19.5 Å². The number of fused-ring (bicyclic) bond motifs is 1. The molecule has 0 saturated heterocycles. The molecule has 0 bridgehead atoms. The molecule has 0 radical (unpaired) electrons. The summed E-state index contributed by atoms with van der Waals surface area (Å²) in [6.07, 6.45) is 0.954. The van der Waals surface area contributed by atoms with Crippen LogP contribution < -0.4 is 4.90 Å². The number of nitrogens with one attached hydrogen (secondary N) is 1. The van der Waals surface area contributed by atoms with Crippen molar-refractivity contribution in [2.45, 2.75) is 20.3 Å². The molecular formula is C18H21N7S. The fraction of sp³-hybridized carbons (Fsp3) is 0.333. The first-order valence-electron chi connectivity index (χ1n) is 8.56. The molecule has 0 atom stereocenters. The van der Waals surface area contributed by atoms with E-state index in [-0.39, 0.29) is 0 Å². The summed E-state index contributed by atoms with van der Waals surface area (Å²) in [6.45, 7) is 4.37. The maximum absolute atomic E-state index is 4.71. The van der Waals surface area contributed by atoms with Gasteiger partial charge in [0.1, 0.15) is 10.7 Å². The van der Waals surface area contributed by atoms with Crippen LogP contribution in [0, 0.1) is 5.92 Å².